The zero-order valence-electron chi connectivity index (χ0n) is 16.1. The highest BCUT2D eigenvalue weighted by Gasteiger charge is 2.20. The lowest BCUT2D eigenvalue weighted by atomic mass is 10.2. The number of nitrogens with one attached hydrogen (secondary N) is 3. The lowest BCUT2D eigenvalue weighted by Gasteiger charge is -2.12. The van der Waals surface area contributed by atoms with E-state index in [2.05, 4.69) is 15.4 Å². The SMILES string of the molecule is CCOC(=O)CCC(=O)NC(=S)Nc1ccc(S(=O)(=O)NCC2CCCO2)cc1. The van der Waals surface area contributed by atoms with Crippen LogP contribution in [0.25, 0.3) is 0 Å². The monoisotopic (exact) mass is 443 g/mol. The smallest absolute Gasteiger partial charge is 0.306 e. The highest BCUT2D eigenvalue weighted by atomic mass is 32.2. The first-order chi connectivity index (χ1) is 13.8. The van der Waals surface area contributed by atoms with Gasteiger partial charge in [0.1, 0.15) is 0 Å². The summed E-state index contributed by atoms with van der Waals surface area (Å²) in [7, 11) is -3.64. The van der Waals surface area contributed by atoms with Crippen LogP contribution in [0.3, 0.4) is 0 Å². The van der Waals surface area contributed by atoms with Crippen LogP contribution in [0.1, 0.15) is 32.6 Å². The lowest BCUT2D eigenvalue weighted by Crippen LogP contribution is -2.34. The molecule has 0 saturated carbocycles. The minimum Gasteiger partial charge on any atom is -0.466 e. The Bertz CT molecular complexity index is 821. The molecule has 0 aliphatic carbocycles. The molecule has 0 spiro atoms. The number of rotatable bonds is 9. The average molecular weight is 444 g/mol. The second-order valence-electron chi connectivity index (χ2n) is 6.32. The van der Waals surface area contributed by atoms with Crippen molar-refractivity contribution in [3.63, 3.8) is 0 Å². The van der Waals surface area contributed by atoms with Gasteiger partial charge in [0.15, 0.2) is 5.11 Å². The molecule has 0 radical (unpaired) electrons. The van der Waals surface area contributed by atoms with Crippen molar-refractivity contribution in [1.29, 1.82) is 0 Å². The normalized spacial score (nSPS) is 16.2. The summed E-state index contributed by atoms with van der Waals surface area (Å²) >= 11 is 5.05. The van der Waals surface area contributed by atoms with E-state index in [1.807, 2.05) is 0 Å². The number of hydrogen-bond acceptors (Lipinski definition) is 7. The zero-order valence-corrected chi connectivity index (χ0v) is 17.7. The fourth-order valence-electron chi connectivity index (χ4n) is 2.61. The predicted octanol–water partition coefficient (Wildman–Crippen LogP) is 1.30. The average Bonchev–Trinajstić information content (AvgIpc) is 3.19. The molecule has 160 valence electrons. The van der Waals surface area contributed by atoms with E-state index in [-0.39, 0.29) is 42.1 Å². The third-order valence-corrected chi connectivity index (χ3v) is 5.71. The quantitative estimate of drug-likeness (QED) is 0.386. The second-order valence-corrected chi connectivity index (χ2v) is 8.49. The van der Waals surface area contributed by atoms with Crippen LogP contribution in [-0.4, -0.2) is 51.3 Å². The van der Waals surface area contributed by atoms with Gasteiger partial charge in [0, 0.05) is 25.3 Å². The summed E-state index contributed by atoms with van der Waals surface area (Å²) in [6.45, 7) is 2.85. The molecule has 11 heteroatoms. The van der Waals surface area contributed by atoms with E-state index >= 15 is 0 Å². The molecule has 3 N–H and O–H groups in total. The number of ether oxygens (including phenoxy) is 2. The highest BCUT2D eigenvalue weighted by Crippen LogP contribution is 2.16. The number of benzene rings is 1. The topological polar surface area (TPSA) is 123 Å². The Labute approximate surface area is 175 Å². The van der Waals surface area contributed by atoms with Gasteiger partial charge in [-0.15, -0.1) is 0 Å². The van der Waals surface area contributed by atoms with Crippen molar-refractivity contribution in [3.05, 3.63) is 24.3 Å². The Kier molecular flexibility index (Phi) is 8.96. The molecule has 9 nitrogen and oxygen atoms in total. The summed E-state index contributed by atoms with van der Waals surface area (Å²) in [5, 5.41) is 5.29. The van der Waals surface area contributed by atoms with Gasteiger partial charge in [0.25, 0.3) is 0 Å². The van der Waals surface area contributed by atoms with Crippen LogP contribution in [0.15, 0.2) is 29.2 Å². The van der Waals surface area contributed by atoms with Crippen molar-refractivity contribution in [2.75, 3.05) is 25.1 Å². The van der Waals surface area contributed by atoms with Crippen molar-refractivity contribution in [1.82, 2.24) is 10.0 Å². The molecule has 1 amide bonds. The predicted molar refractivity (Wildman–Crippen MR) is 111 cm³/mol. The van der Waals surface area contributed by atoms with Crippen LogP contribution in [0.4, 0.5) is 5.69 Å². The summed E-state index contributed by atoms with van der Waals surface area (Å²) in [5.74, 6) is -0.875. The Morgan fingerprint density at radius 1 is 1.24 bits per heavy atom. The van der Waals surface area contributed by atoms with Gasteiger partial charge in [-0.1, -0.05) is 0 Å². The van der Waals surface area contributed by atoms with E-state index in [0.29, 0.717) is 12.3 Å². The maximum Gasteiger partial charge on any atom is 0.306 e. The van der Waals surface area contributed by atoms with Gasteiger partial charge in [0.2, 0.25) is 15.9 Å². The van der Waals surface area contributed by atoms with E-state index in [1.165, 1.54) is 24.3 Å². The van der Waals surface area contributed by atoms with Crippen LogP contribution in [-0.2, 0) is 29.1 Å². The number of carbonyl (C=O) groups excluding carboxylic acids is 2. The van der Waals surface area contributed by atoms with Crippen LogP contribution >= 0.6 is 12.2 Å². The minimum absolute atomic E-state index is 0.0340. The molecule has 1 aromatic carbocycles. The Morgan fingerprint density at radius 3 is 2.59 bits per heavy atom. The third kappa shape index (κ3) is 8.05. The van der Waals surface area contributed by atoms with Crippen LogP contribution < -0.4 is 15.4 Å². The second kappa shape index (κ2) is 11.2. The molecule has 1 aromatic rings. The summed E-state index contributed by atoms with van der Waals surface area (Å²) in [6, 6.07) is 5.95. The van der Waals surface area contributed by atoms with E-state index < -0.39 is 21.9 Å². The van der Waals surface area contributed by atoms with Gasteiger partial charge < -0.3 is 20.1 Å². The molecule has 1 fully saturated rings. The van der Waals surface area contributed by atoms with Crippen LogP contribution in [0.2, 0.25) is 0 Å². The number of anilines is 1. The van der Waals surface area contributed by atoms with Crippen LogP contribution in [0, 0.1) is 0 Å². The number of carbonyl (C=O) groups is 2. The number of amides is 1. The maximum atomic E-state index is 12.3. The molecule has 1 heterocycles. The first-order valence-corrected chi connectivity index (χ1v) is 11.2. The zero-order chi connectivity index (χ0) is 21.3. The summed E-state index contributed by atoms with van der Waals surface area (Å²) in [6.07, 6.45) is 1.61. The van der Waals surface area contributed by atoms with Gasteiger partial charge in [-0.05, 0) is 56.2 Å². The van der Waals surface area contributed by atoms with Crippen molar-refractivity contribution in [2.45, 2.75) is 43.6 Å². The molecule has 0 bridgehead atoms. The Balaban J connectivity index is 1.80. The first-order valence-electron chi connectivity index (χ1n) is 9.28. The molecule has 2 rings (SSSR count). The molecule has 1 aliphatic rings. The van der Waals surface area contributed by atoms with Crippen molar-refractivity contribution < 1.29 is 27.5 Å². The maximum absolute atomic E-state index is 12.3. The number of hydrogen-bond donors (Lipinski definition) is 3. The molecule has 29 heavy (non-hydrogen) atoms. The van der Waals surface area contributed by atoms with Crippen LogP contribution in [0.5, 0.6) is 0 Å². The van der Waals surface area contributed by atoms with E-state index in [1.54, 1.807) is 6.92 Å². The van der Waals surface area contributed by atoms with Crippen molar-refractivity contribution in [3.8, 4) is 0 Å². The highest BCUT2D eigenvalue weighted by molar-refractivity contribution is 7.89. The molecular weight excluding hydrogens is 418 g/mol. The Hall–Kier alpha value is -2.08. The summed E-state index contributed by atoms with van der Waals surface area (Å²) in [4.78, 5) is 23.1. The molecule has 1 saturated heterocycles. The largest absolute Gasteiger partial charge is 0.466 e. The molecular formula is C18H25N3O6S2. The summed E-state index contributed by atoms with van der Waals surface area (Å²) in [5.41, 5.74) is 0.513. The van der Waals surface area contributed by atoms with Gasteiger partial charge in [0.05, 0.1) is 24.0 Å². The summed E-state index contributed by atoms with van der Waals surface area (Å²) < 4.78 is 37.4. The van der Waals surface area contributed by atoms with E-state index in [4.69, 9.17) is 21.7 Å². The number of thiocarbonyl (C=S) groups is 1. The number of sulfonamides is 1. The van der Waals surface area contributed by atoms with E-state index in [9.17, 15) is 18.0 Å². The first kappa shape index (κ1) is 23.2. The minimum atomic E-state index is -3.64. The van der Waals surface area contributed by atoms with E-state index in [0.717, 1.165) is 12.8 Å². The molecule has 1 unspecified atom stereocenters. The van der Waals surface area contributed by atoms with Gasteiger partial charge in [-0.3, -0.25) is 9.59 Å². The van der Waals surface area contributed by atoms with Gasteiger partial charge in [-0.2, -0.15) is 0 Å². The molecule has 1 aliphatic heterocycles. The van der Waals surface area contributed by atoms with Gasteiger partial charge >= 0.3 is 5.97 Å². The van der Waals surface area contributed by atoms with Crippen molar-refractivity contribution >= 4 is 44.9 Å². The lowest BCUT2D eigenvalue weighted by molar-refractivity contribution is -0.144. The van der Waals surface area contributed by atoms with Gasteiger partial charge in [-0.25, -0.2) is 13.1 Å². The Morgan fingerprint density at radius 2 is 1.97 bits per heavy atom. The standard InChI is InChI=1S/C18H25N3O6S2/c1-2-26-17(23)10-9-16(22)21-18(28)20-13-5-7-15(8-6-13)29(24,25)19-12-14-4-3-11-27-14/h5-8,14,19H,2-4,9-12H2,1H3,(H2,20,21,22,28). The fourth-order valence-corrected chi connectivity index (χ4v) is 3.91. The molecule has 0 aromatic heterocycles. The molecule has 1 atom stereocenters. The van der Waals surface area contributed by atoms with Crippen molar-refractivity contribution in [2.24, 2.45) is 0 Å². The third-order valence-electron chi connectivity index (χ3n) is 4.06. The number of esters is 1. The fraction of sp³-hybridized carbons (Fsp3) is 0.500.